The summed E-state index contributed by atoms with van der Waals surface area (Å²) in [7, 11) is 0. The number of anilines is 1. The largest absolute Gasteiger partial charge is 0.491 e. The van der Waals surface area contributed by atoms with E-state index in [4.69, 9.17) is 16.2 Å². The maximum Gasteiger partial charge on any atom is 0.319 e. The highest BCUT2D eigenvalue weighted by Crippen LogP contribution is 2.26. The molecule has 0 aliphatic carbocycles. The average Bonchev–Trinajstić information content (AvgIpc) is 2.38. The Morgan fingerprint density at radius 2 is 2.00 bits per heavy atom. The molecule has 0 aromatic heterocycles. The highest BCUT2D eigenvalue weighted by Gasteiger charge is 2.15. The molecule has 1 aromatic rings. The Balaban J connectivity index is 2.81. The zero-order valence-corrected chi connectivity index (χ0v) is 13.0. The van der Waals surface area contributed by atoms with E-state index >= 15 is 0 Å². The number of hydrogen-bond donors (Lipinski definition) is 4. The molecule has 1 aromatic carbocycles. The minimum Gasteiger partial charge on any atom is -0.491 e. The predicted molar refractivity (Wildman–Crippen MR) is 85.4 cm³/mol. The quantitative estimate of drug-likeness (QED) is 0.601. The van der Waals surface area contributed by atoms with Crippen LogP contribution in [0.4, 0.5) is 10.5 Å². The molecule has 21 heavy (non-hydrogen) atoms. The summed E-state index contributed by atoms with van der Waals surface area (Å²) in [6.07, 6.45) is 0.750. The molecular weight excluding hydrogens is 268 g/mol. The summed E-state index contributed by atoms with van der Waals surface area (Å²) < 4.78 is 5.67. The normalized spacial score (nSPS) is 11.1. The summed E-state index contributed by atoms with van der Waals surface area (Å²) in [6, 6.07) is 5.22. The maximum atomic E-state index is 11.9. The lowest BCUT2D eigenvalue weighted by Crippen LogP contribution is -2.43. The van der Waals surface area contributed by atoms with E-state index in [0.29, 0.717) is 31.1 Å². The van der Waals surface area contributed by atoms with Gasteiger partial charge in [0.1, 0.15) is 5.75 Å². The van der Waals surface area contributed by atoms with Gasteiger partial charge in [-0.05, 0) is 51.4 Å². The number of hydrogen-bond acceptors (Lipinski definition) is 4. The van der Waals surface area contributed by atoms with Crippen LogP contribution >= 0.6 is 0 Å². The number of ether oxygens (including phenoxy) is 1. The van der Waals surface area contributed by atoms with Crippen LogP contribution in [0.15, 0.2) is 18.2 Å². The molecule has 0 bridgehead atoms. The fraction of sp³-hybridized carbons (Fsp3) is 0.533. The van der Waals surface area contributed by atoms with Crippen molar-refractivity contribution in [1.82, 2.24) is 5.32 Å². The van der Waals surface area contributed by atoms with Crippen molar-refractivity contribution >= 4 is 11.7 Å². The van der Waals surface area contributed by atoms with Crippen LogP contribution in [0.3, 0.4) is 0 Å². The summed E-state index contributed by atoms with van der Waals surface area (Å²) in [6.45, 7) is 7.24. The number of nitrogens with one attached hydrogen (secondary N) is 2. The molecule has 0 atom stereocenters. The van der Waals surface area contributed by atoms with E-state index in [2.05, 4.69) is 10.6 Å². The number of carbonyl (C=O) groups excluding carboxylic acids is 1. The monoisotopic (exact) mass is 294 g/mol. The molecule has 0 saturated carbocycles. The SMILES string of the molecule is CC(C)(C)NC(=O)Nc1ccc(CN)cc1OCCCN. The molecule has 0 saturated heterocycles. The fourth-order valence-corrected chi connectivity index (χ4v) is 1.68. The molecule has 6 heteroatoms. The zero-order chi connectivity index (χ0) is 15.9. The average molecular weight is 294 g/mol. The highest BCUT2D eigenvalue weighted by molar-refractivity contribution is 5.91. The smallest absolute Gasteiger partial charge is 0.319 e. The van der Waals surface area contributed by atoms with Gasteiger partial charge in [0, 0.05) is 12.1 Å². The van der Waals surface area contributed by atoms with E-state index in [9.17, 15) is 4.79 Å². The van der Waals surface area contributed by atoms with E-state index in [-0.39, 0.29) is 11.6 Å². The summed E-state index contributed by atoms with van der Waals surface area (Å²) in [4.78, 5) is 11.9. The van der Waals surface area contributed by atoms with Gasteiger partial charge >= 0.3 is 6.03 Å². The molecule has 0 unspecified atom stereocenters. The van der Waals surface area contributed by atoms with Gasteiger partial charge in [-0.2, -0.15) is 0 Å². The van der Waals surface area contributed by atoms with Crippen molar-refractivity contribution in [1.29, 1.82) is 0 Å². The maximum absolute atomic E-state index is 11.9. The summed E-state index contributed by atoms with van der Waals surface area (Å²) in [5.41, 5.74) is 12.3. The van der Waals surface area contributed by atoms with Gasteiger partial charge in [0.05, 0.1) is 12.3 Å². The van der Waals surface area contributed by atoms with E-state index in [0.717, 1.165) is 12.0 Å². The van der Waals surface area contributed by atoms with Gasteiger partial charge in [0.25, 0.3) is 0 Å². The first-order valence-electron chi connectivity index (χ1n) is 7.11. The van der Waals surface area contributed by atoms with Crippen molar-refractivity contribution in [2.45, 2.75) is 39.3 Å². The molecule has 2 amide bonds. The van der Waals surface area contributed by atoms with Crippen molar-refractivity contribution in [3.05, 3.63) is 23.8 Å². The molecule has 0 spiro atoms. The Morgan fingerprint density at radius 3 is 2.57 bits per heavy atom. The second kappa shape index (κ2) is 7.85. The summed E-state index contributed by atoms with van der Waals surface area (Å²) >= 11 is 0. The van der Waals surface area contributed by atoms with Gasteiger partial charge in [0.2, 0.25) is 0 Å². The van der Waals surface area contributed by atoms with Gasteiger partial charge in [-0.3, -0.25) is 0 Å². The number of nitrogens with two attached hydrogens (primary N) is 2. The van der Waals surface area contributed by atoms with Gasteiger partial charge in [0.15, 0.2) is 0 Å². The summed E-state index contributed by atoms with van der Waals surface area (Å²) in [5.74, 6) is 0.607. The van der Waals surface area contributed by atoms with Gasteiger partial charge in [-0.25, -0.2) is 4.79 Å². The van der Waals surface area contributed by atoms with Gasteiger partial charge in [-0.15, -0.1) is 0 Å². The van der Waals surface area contributed by atoms with Gasteiger partial charge in [-0.1, -0.05) is 6.07 Å². The minimum absolute atomic E-state index is 0.272. The molecule has 0 aliphatic heterocycles. The van der Waals surface area contributed by atoms with Crippen LogP contribution in [-0.2, 0) is 6.54 Å². The van der Waals surface area contributed by atoms with Gasteiger partial charge < -0.3 is 26.8 Å². The second-order valence-electron chi connectivity index (χ2n) is 5.85. The molecule has 6 nitrogen and oxygen atoms in total. The Hall–Kier alpha value is -1.79. The first-order chi connectivity index (χ1) is 9.85. The zero-order valence-electron chi connectivity index (χ0n) is 13.0. The third kappa shape index (κ3) is 6.46. The fourth-order valence-electron chi connectivity index (χ4n) is 1.68. The van der Waals surface area contributed by atoms with E-state index in [1.165, 1.54) is 0 Å². The standard InChI is InChI=1S/C15H26N4O2/c1-15(2,3)19-14(20)18-12-6-5-11(10-17)9-13(12)21-8-4-7-16/h5-6,9H,4,7-8,10,16-17H2,1-3H3,(H2,18,19,20). The van der Waals surface area contributed by atoms with Crippen LogP contribution in [0.2, 0.25) is 0 Å². The second-order valence-corrected chi connectivity index (χ2v) is 5.85. The van der Waals surface area contributed by atoms with Crippen molar-refractivity contribution in [3.8, 4) is 5.75 Å². The third-order valence-electron chi connectivity index (χ3n) is 2.62. The van der Waals surface area contributed by atoms with Crippen LogP contribution in [-0.4, -0.2) is 24.7 Å². The van der Waals surface area contributed by atoms with Crippen LogP contribution < -0.4 is 26.8 Å². The Kier molecular flexibility index (Phi) is 6.45. The molecule has 1 rings (SSSR count). The van der Waals surface area contributed by atoms with E-state index in [1.807, 2.05) is 32.9 Å². The molecule has 0 fully saturated rings. The third-order valence-corrected chi connectivity index (χ3v) is 2.62. The number of amides is 2. The van der Waals surface area contributed by atoms with Crippen molar-refractivity contribution in [2.75, 3.05) is 18.5 Å². The Bertz CT molecular complexity index is 469. The molecule has 6 N–H and O–H groups in total. The number of rotatable bonds is 6. The predicted octanol–water partition coefficient (Wildman–Crippen LogP) is 1.79. The van der Waals surface area contributed by atoms with Crippen LogP contribution in [0, 0.1) is 0 Å². The lowest BCUT2D eigenvalue weighted by Gasteiger charge is -2.21. The molecule has 0 aliphatic rings. The first-order valence-corrected chi connectivity index (χ1v) is 7.11. The Labute approximate surface area is 126 Å². The first kappa shape index (κ1) is 17.3. The van der Waals surface area contributed by atoms with Crippen molar-refractivity contribution in [2.24, 2.45) is 11.5 Å². The minimum atomic E-state index is -0.304. The topological polar surface area (TPSA) is 102 Å². The lowest BCUT2D eigenvalue weighted by molar-refractivity contribution is 0.243. The molecule has 0 radical (unpaired) electrons. The van der Waals surface area contributed by atoms with E-state index in [1.54, 1.807) is 6.07 Å². The lowest BCUT2D eigenvalue weighted by atomic mass is 10.1. The number of carbonyl (C=O) groups is 1. The summed E-state index contributed by atoms with van der Waals surface area (Å²) in [5, 5.41) is 5.64. The molecule has 118 valence electrons. The molecular formula is C15H26N4O2. The van der Waals surface area contributed by atoms with Crippen molar-refractivity contribution in [3.63, 3.8) is 0 Å². The van der Waals surface area contributed by atoms with Crippen LogP contribution in [0.25, 0.3) is 0 Å². The number of urea groups is 1. The van der Waals surface area contributed by atoms with Crippen molar-refractivity contribution < 1.29 is 9.53 Å². The Morgan fingerprint density at radius 1 is 1.29 bits per heavy atom. The van der Waals surface area contributed by atoms with Crippen LogP contribution in [0.1, 0.15) is 32.8 Å². The number of benzene rings is 1. The van der Waals surface area contributed by atoms with Crippen LogP contribution in [0.5, 0.6) is 5.75 Å². The molecule has 0 heterocycles. The van der Waals surface area contributed by atoms with E-state index < -0.39 is 0 Å². The highest BCUT2D eigenvalue weighted by atomic mass is 16.5.